The van der Waals surface area contributed by atoms with Crippen LogP contribution >= 0.6 is 11.3 Å². The third-order valence-electron chi connectivity index (χ3n) is 3.17. The zero-order valence-corrected chi connectivity index (χ0v) is 11.1. The number of carbonyl (C=O) groups excluding carboxylic acids is 1. The van der Waals surface area contributed by atoms with Crippen LogP contribution < -0.4 is 4.90 Å². The molecule has 0 aromatic carbocycles. The summed E-state index contributed by atoms with van der Waals surface area (Å²) in [6, 6.07) is 4.30. The first kappa shape index (κ1) is 12.4. The van der Waals surface area contributed by atoms with Gasteiger partial charge in [-0.2, -0.15) is 0 Å². The molecule has 92 valence electrons. The van der Waals surface area contributed by atoms with Crippen molar-refractivity contribution in [2.24, 2.45) is 0 Å². The number of carbonyl (C=O) groups is 1. The molecular formula is C14H19NOS. The van der Waals surface area contributed by atoms with Gasteiger partial charge in [-0.15, -0.1) is 11.3 Å². The van der Waals surface area contributed by atoms with Gasteiger partial charge in [0.2, 0.25) is 0 Å². The lowest BCUT2D eigenvalue weighted by Crippen LogP contribution is -2.28. The monoisotopic (exact) mass is 249 g/mol. The van der Waals surface area contributed by atoms with Crippen molar-refractivity contribution in [3.05, 3.63) is 22.6 Å². The van der Waals surface area contributed by atoms with Crippen molar-refractivity contribution in [3.8, 4) is 0 Å². The molecule has 0 amide bonds. The SMILES string of the molecule is CCC(C=O)=Cc1ccc(N2CCCCC2)s1. The van der Waals surface area contributed by atoms with Crippen LogP contribution in [-0.4, -0.2) is 19.4 Å². The van der Waals surface area contributed by atoms with Crippen LogP contribution in [0, 0.1) is 0 Å². The molecule has 2 nitrogen and oxygen atoms in total. The van der Waals surface area contributed by atoms with Crippen molar-refractivity contribution in [1.29, 1.82) is 0 Å². The molecule has 1 fully saturated rings. The molecule has 0 atom stereocenters. The third kappa shape index (κ3) is 3.19. The first-order valence-electron chi connectivity index (χ1n) is 6.34. The van der Waals surface area contributed by atoms with Gasteiger partial charge in [0.15, 0.2) is 0 Å². The summed E-state index contributed by atoms with van der Waals surface area (Å²) in [6.45, 7) is 4.37. The molecular weight excluding hydrogens is 230 g/mol. The van der Waals surface area contributed by atoms with Crippen molar-refractivity contribution >= 4 is 28.7 Å². The molecule has 2 heterocycles. The highest BCUT2D eigenvalue weighted by molar-refractivity contribution is 7.16. The number of anilines is 1. The first-order chi connectivity index (χ1) is 8.33. The number of hydrogen-bond acceptors (Lipinski definition) is 3. The predicted molar refractivity (Wildman–Crippen MR) is 74.7 cm³/mol. The van der Waals surface area contributed by atoms with E-state index in [9.17, 15) is 4.79 Å². The summed E-state index contributed by atoms with van der Waals surface area (Å²) in [5, 5.41) is 1.34. The van der Waals surface area contributed by atoms with E-state index in [0.29, 0.717) is 0 Å². The van der Waals surface area contributed by atoms with Crippen LogP contribution in [0.4, 0.5) is 5.00 Å². The zero-order chi connectivity index (χ0) is 12.1. The lowest BCUT2D eigenvalue weighted by Gasteiger charge is -2.27. The Morgan fingerprint density at radius 3 is 2.76 bits per heavy atom. The largest absolute Gasteiger partial charge is 0.363 e. The van der Waals surface area contributed by atoms with Gasteiger partial charge < -0.3 is 4.90 Å². The normalized spacial score (nSPS) is 17.2. The summed E-state index contributed by atoms with van der Waals surface area (Å²) in [5.41, 5.74) is 0.872. The van der Waals surface area contributed by atoms with Crippen LogP contribution in [0.25, 0.3) is 6.08 Å². The highest BCUT2D eigenvalue weighted by Gasteiger charge is 2.12. The Labute approximate surface area is 107 Å². The molecule has 1 aromatic heterocycles. The van der Waals surface area contributed by atoms with Gasteiger partial charge in [-0.1, -0.05) is 6.92 Å². The molecule has 0 N–H and O–H groups in total. The second-order valence-electron chi connectivity index (χ2n) is 4.41. The summed E-state index contributed by atoms with van der Waals surface area (Å²) in [4.78, 5) is 14.4. The molecule has 17 heavy (non-hydrogen) atoms. The Hall–Kier alpha value is -1.09. The average Bonchev–Trinajstić information content (AvgIpc) is 2.85. The number of allylic oxidation sites excluding steroid dienone is 1. The molecule has 1 aliphatic heterocycles. The molecule has 1 saturated heterocycles. The molecule has 1 aromatic rings. The molecule has 3 heteroatoms. The van der Waals surface area contributed by atoms with Gasteiger partial charge in [0.1, 0.15) is 6.29 Å². The second-order valence-corrected chi connectivity index (χ2v) is 5.51. The summed E-state index contributed by atoms with van der Waals surface area (Å²) >= 11 is 1.79. The Bertz CT molecular complexity index is 402. The molecule has 0 aliphatic carbocycles. The van der Waals surface area contributed by atoms with Crippen LogP contribution in [0.5, 0.6) is 0 Å². The van der Waals surface area contributed by atoms with Gasteiger partial charge >= 0.3 is 0 Å². The van der Waals surface area contributed by atoms with Gasteiger partial charge in [-0.3, -0.25) is 4.79 Å². The number of rotatable bonds is 4. The molecule has 0 unspecified atom stereocenters. The van der Waals surface area contributed by atoms with E-state index in [-0.39, 0.29) is 0 Å². The number of aldehydes is 1. The Morgan fingerprint density at radius 1 is 1.35 bits per heavy atom. The second kappa shape index (κ2) is 6.01. The van der Waals surface area contributed by atoms with Gasteiger partial charge in [-0.25, -0.2) is 0 Å². The van der Waals surface area contributed by atoms with Crippen LogP contribution in [0.1, 0.15) is 37.5 Å². The summed E-state index contributed by atoms with van der Waals surface area (Å²) in [6.07, 6.45) is 7.74. The van der Waals surface area contributed by atoms with E-state index in [0.717, 1.165) is 18.3 Å². The van der Waals surface area contributed by atoms with E-state index in [1.54, 1.807) is 11.3 Å². The topological polar surface area (TPSA) is 20.3 Å². The predicted octanol–water partition coefficient (Wildman–Crippen LogP) is 3.73. The van der Waals surface area contributed by atoms with Crippen LogP contribution in [-0.2, 0) is 4.79 Å². The molecule has 1 aliphatic rings. The van der Waals surface area contributed by atoms with Gasteiger partial charge in [0.05, 0.1) is 5.00 Å². The van der Waals surface area contributed by atoms with E-state index >= 15 is 0 Å². The maximum absolute atomic E-state index is 10.8. The van der Waals surface area contributed by atoms with E-state index in [1.807, 2.05) is 13.0 Å². The minimum atomic E-state index is 0.806. The number of nitrogens with zero attached hydrogens (tertiary/aromatic N) is 1. The van der Waals surface area contributed by atoms with E-state index in [1.165, 1.54) is 42.2 Å². The highest BCUT2D eigenvalue weighted by Crippen LogP contribution is 2.29. The molecule has 2 rings (SSSR count). The lowest BCUT2D eigenvalue weighted by atomic mass is 10.1. The fourth-order valence-electron chi connectivity index (χ4n) is 2.11. The zero-order valence-electron chi connectivity index (χ0n) is 10.3. The summed E-state index contributed by atoms with van der Waals surface area (Å²) in [7, 11) is 0. The summed E-state index contributed by atoms with van der Waals surface area (Å²) < 4.78 is 0. The van der Waals surface area contributed by atoms with Crippen molar-refractivity contribution in [2.75, 3.05) is 18.0 Å². The van der Waals surface area contributed by atoms with Gasteiger partial charge in [0.25, 0.3) is 0 Å². The van der Waals surface area contributed by atoms with Gasteiger partial charge in [0, 0.05) is 18.0 Å². The van der Waals surface area contributed by atoms with Crippen molar-refractivity contribution in [1.82, 2.24) is 0 Å². The van der Waals surface area contributed by atoms with E-state index < -0.39 is 0 Å². The van der Waals surface area contributed by atoms with Crippen LogP contribution in [0.3, 0.4) is 0 Å². The minimum absolute atomic E-state index is 0.806. The minimum Gasteiger partial charge on any atom is -0.363 e. The molecule has 0 bridgehead atoms. The fourth-order valence-corrected chi connectivity index (χ4v) is 3.14. The van der Waals surface area contributed by atoms with Crippen molar-refractivity contribution in [3.63, 3.8) is 0 Å². The molecule has 0 radical (unpaired) electrons. The Balaban J connectivity index is 2.09. The number of hydrogen-bond donors (Lipinski definition) is 0. The van der Waals surface area contributed by atoms with Crippen LogP contribution in [0.15, 0.2) is 17.7 Å². The fraction of sp³-hybridized carbons (Fsp3) is 0.500. The van der Waals surface area contributed by atoms with Crippen molar-refractivity contribution in [2.45, 2.75) is 32.6 Å². The Kier molecular flexibility index (Phi) is 4.37. The van der Waals surface area contributed by atoms with E-state index in [4.69, 9.17) is 0 Å². The Morgan fingerprint density at radius 2 is 2.12 bits per heavy atom. The number of piperidine rings is 1. The standard InChI is InChI=1S/C14H19NOS/c1-2-12(11-16)10-13-6-7-14(17-13)15-8-4-3-5-9-15/h6-7,10-11H,2-5,8-9H2,1H3. The first-order valence-corrected chi connectivity index (χ1v) is 7.15. The average molecular weight is 249 g/mol. The molecule has 0 saturated carbocycles. The van der Waals surface area contributed by atoms with Gasteiger partial charge in [-0.05, 0) is 49.5 Å². The molecule has 0 spiro atoms. The number of thiophene rings is 1. The van der Waals surface area contributed by atoms with Crippen LogP contribution in [0.2, 0.25) is 0 Å². The quantitative estimate of drug-likeness (QED) is 0.598. The lowest BCUT2D eigenvalue weighted by molar-refractivity contribution is -0.104. The maximum atomic E-state index is 10.8. The highest BCUT2D eigenvalue weighted by atomic mass is 32.1. The smallest absolute Gasteiger partial charge is 0.146 e. The van der Waals surface area contributed by atoms with Crippen molar-refractivity contribution < 1.29 is 4.79 Å². The summed E-state index contributed by atoms with van der Waals surface area (Å²) in [5.74, 6) is 0. The third-order valence-corrected chi connectivity index (χ3v) is 4.26. The maximum Gasteiger partial charge on any atom is 0.146 e. The van der Waals surface area contributed by atoms with E-state index in [2.05, 4.69) is 17.0 Å².